The van der Waals surface area contributed by atoms with Crippen molar-refractivity contribution < 1.29 is 18.7 Å². The molecule has 0 saturated carbocycles. The Balaban J connectivity index is 1.96. The van der Waals surface area contributed by atoms with Gasteiger partial charge in [0.2, 0.25) is 5.56 Å². The van der Waals surface area contributed by atoms with Crippen LogP contribution in [0.3, 0.4) is 0 Å². The molecule has 0 spiro atoms. The molecule has 1 amide bonds. The van der Waals surface area contributed by atoms with Gasteiger partial charge in [0.1, 0.15) is 11.6 Å². The predicted molar refractivity (Wildman–Crippen MR) is 77.8 cm³/mol. The molecule has 1 aliphatic heterocycles. The zero-order chi connectivity index (χ0) is 16.6. The van der Waals surface area contributed by atoms with Crippen molar-refractivity contribution >= 4 is 5.91 Å². The molecule has 0 bridgehead atoms. The number of rotatable bonds is 2. The topological polar surface area (TPSA) is 73.4 Å². The molecule has 0 radical (unpaired) electrons. The summed E-state index contributed by atoms with van der Waals surface area (Å²) in [6, 6.07) is 4.82. The van der Waals surface area contributed by atoms with E-state index in [4.69, 9.17) is 0 Å². The lowest BCUT2D eigenvalue weighted by Gasteiger charge is -2.25. The smallest absolute Gasteiger partial charge is 0.255 e. The van der Waals surface area contributed by atoms with Crippen LogP contribution in [0.1, 0.15) is 28.4 Å². The number of pyridine rings is 1. The minimum atomic E-state index is -0.825. The van der Waals surface area contributed by atoms with E-state index in [1.165, 1.54) is 23.2 Å². The minimum Gasteiger partial charge on any atom is -0.391 e. The molecular weight excluding hydrogens is 306 g/mol. The van der Waals surface area contributed by atoms with Crippen LogP contribution in [-0.4, -0.2) is 33.5 Å². The number of amides is 1. The highest BCUT2D eigenvalue weighted by Gasteiger charge is 2.37. The number of benzene rings is 1. The summed E-state index contributed by atoms with van der Waals surface area (Å²) in [5.74, 6) is -1.71. The molecule has 0 unspecified atom stereocenters. The molecule has 3 rings (SSSR count). The number of aromatic nitrogens is 1. The number of aliphatic hydroxyl groups is 1. The molecular formula is C16H14F2N2O3. The molecule has 23 heavy (non-hydrogen) atoms. The maximum absolute atomic E-state index is 14.0. The van der Waals surface area contributed by atoms with E-state index in [0.29, 0.717) is 0 Å². The van der Waals surface area contributed by atoms with Crippen LogP contribution < -0.4 is 5.56 Å². The van der Waals surface area contributed by atoms with E-state index in [0.717, 1.165) is 18.2 Å². The summed E-state index contributed by atoms with van der Waals surface area (Å²) < 4.78 is 27.4. The van der Waals surface area contributed by atoms with Gasteiger partial charge in [-0.2, -0.15) is 0 Å². The lowest BCUT2D eigenvalue weighted by atomic mass is 10.0. The normalized spacial score (nSPS) is 20.7. The van der Waals surface area contributed by atoms with Gasteiger partial charge in [0.25, 0.3) is 5.91 Å². The van der Waals surface area contributed by atoms with Crippen molar-refractivity contribution in [2.75, 3.05) is 6.54 Å². The van der Waals surface area contributed by atoms with Crippen molar-refractivity contribution in [1.29, 1.82) is 0 Å². The molecule has 2 atom stereocenters. The second-order valence-electron chi connectivity index (χ2n) is 5.47. The van der Waals surface area contributed by atoms with Crippen LogP contribution in [0.4, 0.5) is 8.78 Å². The predicted octanol–water partition coefficient (Wildman–Crippen LogP) is 1.60. The summed E-state index contributed by atoms with van der Waals surface area (Å²) in [5.41, 5.74) is -0.115. The maximum Gasteiger partial charge on any atom is 0.255 e. The van der Waals surface area contributed by atoms with Gasteiger partial charge in [-0.3, -0.25) is 9.59 Å². The highest BCUT2D eigenvalue weighted by atomic mass is 19.1. The van der Waals surface area contributed by atoms with E-state index in [1.807, 2.05) is 0 Å². The quantitative estimate of drug-likeness (QED) is 0.883. The Morgan fingerprint density at radius 3 is 2.74 bits per heavy atom. The molecule has 0 aliphatic carbocycles. The lowest BCUT2D eigenvalue weighted by Crippen LogP contribution is -2.32. The van der Waals surface area contributed by atoms with Crippen molar-refractivity contribution in [3.8, 4) is 0 Å². The Hall–Kier alpha value is -2.54. The first-order chi connectivity index (χ1) is 11.0. The van der Waals surface area contributed by atoms with Gasteiger partial charge in [0, 0.05) is 24.4 Å². The lowest BCUT2D eigenvalue weighted by molar-refractivity contribution is 0.0713. The van der Waals surface area contributed by atoms with Crippen LogP contribution in [0.15, 0.2) is 41.3 Å². The van der Waals surface area contributed by atoms with Crippen molar-refractivity contribution in [3.05, 3.63) is 69.6 Å². The Kier molecular flexibility index (Phi) is 3.96. The molecule has 5 nitrogen and oxygen atoms in total. The molecule has 1 aromatic carbocycles. The van der Waals surface area contributed by atoms with Crippen LogP contribution in [0.5, 0.6) is 0 Å². The fourth-order valence-corrected chi connectivity index (χ4v) is 2.81. The Morgan fingerprint density at radius 2 is 2.04 bits per heavy atom. The van der Waals surface area contributed by atoms with Gasteiger partial charge in [0.15, 0.2) is 0 Å². The number of halogens is 2. The first-order valence-corrected chi connectivity index (χ1v) is 7.08. The van der Waals surface area contributed by atoms with Crippen molar-refractivity contribution in [2.24, 2.45) is 0 Å². The van der Waals surface area contributed by atoms with E-state index in [9.17, 15) is 23.5 Å². The van der Waals surface area contributed by atoms with E-state index in [-0.39, 0.29) is 29.7 Å². The monoisotopic (exact) mass is 320 g/mol. The van der Waals surface area contributed by atoms with Gasteiger partial charge >= 0.3 is 0 Å². The summed E-state index contributed by atoms with van der Waals surface area (Å²) in [6.07, 6.45) is 0.554. The number of β-amino-alcohol motifs (C(OH)–C–C–N with tert-alkyl or cyclic N) is 1. The SMILES string of the molecule is O=C(c1ccc(=O)[nH]c1)N1C[C@@H](O)C[C@H]1c1cc(F)ccc1F. The molecule has 1 aromatic heterocycles. The molecule has 2 heterocycles. The molecule has 1 fully saturated rings. The molecule has 2 aromatic rings. The van der Waals surface area contributed by atoms with Crippen LogP contribution >= 0.6 is 0 Å². The van der Waals surface area contributed by atoms with Crippen molar-refractivity contribution in [1.82, 2.24) is 9.88 Å². The van der Waals surface area contributed by atoms with E-state index in [2.05, 4.69) is 4.98 Å². The summed E-state index contributed by atoms with van der Waals surface area (Å²) in [7, 11) is 0. The third kappa shape index (κ3) is 3.00. The zero-order valence-electron chi connectivity index (χ0n) is 12.0. The zero-order valence-corrected chi connectivity index (χ0v) is 12.0. The molecule has 2 N–H and O–H groups in total. The number of hydrogen-bond acceptors (Lipinski definition) is 3. The number of nitrogens with one attached hydrogen (secondary N) is 1. The average molecular weight is 320 g/mol. The van der Waals surface area contributed by atoms with E-state index in [1.54, 1.807) is 0 Å². The number of carbonyl (C=O) groups excluding carboxylic acids is 1. The van der Waals surface area contributed by atoms with Gasteiger partial charge in [0.05, 0.1) is 17.7 Å². The number of nitrogens with zero attached hydrogens (tertiary/aromatic N) is 1. The molecule has 7 heteroatoms. The number of H-pyrrole nitrogens is 1. The average Bonchev–Trinajstić information content (AvgIpc) is 2.91. The highest BCUT2D eigenvalue weighted by molar-refractivity contribution is 5.94. The Labute approximate surface area is 130 Å². The third-order valence-corrected chi connectivity index (χ3v) is 3.89. The summed E-state index contributed by atoms with van der Waals surface area (Å²) in [4.78, 5) is 27.3. The summed E-state index contributed by atoms with van der Waals surface area (Å²) in [6.45, 7) is 0.0125. The van der Waals surface area contributed by atoms with Gasteiger partial charge in [-0.15, -0.1) is 0 Å². The van der Waals surface area contributed by atoms with Crippen LogP contribution in [-0.2, 0) is 0 Å². The number of likely N-dealkylation sites (tertiary alicyclic amines) is 1. The van der Waals surface area contributed by atoms with E-state index >= 15 is 0 Å². The largest absolute Gasteiger partial charge is 0.391 e. The first kappa shape index (κ1) is 15.4. The second-order valence-corrected chi connectivity index (χ2v) is 5.47. The van der Waals surface area contributed by atoms with Crippen LogP contribution in [0.2, 0.25) is 0 Å². The van der Waals surface area contributed by atoms with Crippen molar-refractivity contribution in [2.45, 2.75) is 18.6 Å². The fraction of sp³-hybridized carbons (Fsp3) is 0.250. The molecule has 120 valence electrons. The number of aromatic amines is 1. The minimum absolute atomic E-state index is 0.0125. The van der Waals surface area contributed by atoms with Crippen molar-refractivity contribution in [3.63, 3.8) is 0 Å². The van der Waals surface area contributed by atoms with Gasteiger partial charge in [-0.05, 0) is 30.7 Å². The van der Waals surface area contributed by atoms with Crippen LogP contribution in [0, 0.1) is 11.6 Å². The van der Waals surface area contributed by atoms with E-state index < -0.39 is 29.7 Å². The third-order valence-electron chi connectivity index (χ3n) is 3.89. The molecule has 1 saturated heterocycles. The van der Waals surface area contributed by atoms with Gasteiger partial charge in [-0.1, -0.05) is 0 Å². The van der Waals surface area contributed by atoms with Gasteiger partial charge < -0.3 is 15.0 Å². The Bertz CT molecular complexity index is 786. The summed E-state index contributed by atoms with van der Waals surface area (Å²) in [5, 5.41) is 9.86. The fourth-order valence-electron chi connectivity index (χ4n) is 2.81. The highest BCUT2D eigenvalue weighted by Crippen LogP contribution is 2.34. The number of hydrogen-bond donors (Lipinski definition) is 2. The second kappa shape index (κ2) is 5.92. The molecule has 1 aliphatic rings. The first-order valence-electron chi connectivity index (χ1n) is 7.08. The maximum atomic E-state index is 14.0. The Morgan fingerprint density at radius 1 is 1.26 bits per heavy atom. The van der Waals surface area contributed by atoms with Crippen LogP contribution in [0.25, 0.3) is 0 Å². The number of carbonyl (C=O) groups is 1. The van der Waals surface area contributed by atoms with Gasteiger partial charge in [-0.25, -0.2) is 8.78 Å². The summed E-state index contributed by atoms with van der Waals surface area (Å²) >= 11 is 0. The number of aliphatic hydroxyl groups excluding tert-OH is 1. The standard InChI is InChI=1S/C16H14F2N2O3/c17-10-2-3-13(18)12(5-10)14-6-11(21)8-20(14)16(23)9-1-4-15(22)19-7-9/h1-5,7,11,14,21H,6,8H2,(H,19,22)/t11-,14-/m0/s1.